The van der Waals surface area contributed by atoms with Crippen LogP contribution in [0.25, 0.3) is 0 Å². The predicted octanol–water partition coefficient (Wildman–Crippen LogP) is 1.84. The van der Waals surface area contributed by atoms with Crippen LogP contribution in [0.5, 0.6) is 5.75 Å². The van der Waals surface area contributed by atoms with Crippen molar-refractivity contribution in [2.24, 2.45) is 0 Å². The van der Waals surface area contributed by atoms with Crippen molar-refractivity contribution in [1.29, 1.82) is 0 Å². The standard InChI is InChI=1S/C15H21NO3/c1-10-7-12(9-17)8-11(2)14(10)19-13-5-3-4-6-16-15(13)18/h7-8,13,17H,3-6,9H2,1-2H3,(H,16,18). The average molecular weight is 263 g/mol. The molecule has 1 amide bonds. The molecule has 1 aliphatic heterocycles. The molecular formula is C15H21NO3. The van der Waals surface area contributed by atoms with E-state index < -0.39 is 6.10 Å². The number of benzene rings is 1. The molecular weight excluding hydrogens is 242 g/mol. The van der Waals surface area contributed by atoms with Crippen LogP contribution in [-0.2, 0) is 11.4 Å². The van der Waals surface area contributed by atoms with Crippen molar-refractivity contribution in [2.75, 3.05) is 6.54 Å². The van der Waals surface area contributed by atoms with Crippen LogP contribution in [0.3, 0.4) is 0 Å². The van der Waals surface area contributed by atoms with Crippen molar-refractivity contribution in [3.63, 3.8) is 0 Å². The molecule has 2 N–H and O–H groups in total. The number of aliphatic hydroxyl groups excluding tert-OH is 1. The highest BCUT2D eigenvalue weighted by Crippen LogP contribution is 2.27. The lowest BCUT2D eigenvalue weighted by Gasteiger charge is -2.19. The van der Waals surface area contributed by atoms with Gasteiger partial charge in [0.25, 0.3) is 5.91 Å². The summed E-state index contributed by atoms with van der Waals surface area (Å²) >= 11 is 0. The van der Waals surface area contributed by atoms with E-state index in [0.29, 0.717) is 0 Å². The number of ether oxygens (including phenoxy) is 1. The van der Waals surface area contributed by atoms with E-state index in [1.165, 1.54) is 0 Å². The fraction of sp³-hybridized carbons (Fsp3) is 0.533. The van der Waals surface area contributed by atoms with Gasteiger partial charge in [-0.2, -0.15) is 0 Å². The van der Waals surface area contributed by atoms with Gasteiger partial charge in [0.2, 0.25) is 0 Å². The summed E-state index contributed by atoms with van der Waals surface area (Å²) in [6.07, 6.45) is 2.36. The Bertz CT molecular complexity index is 447. The van der Waals surface area contributed by atoms with Crippen molar-refractivity contribution in [3.8, 4) is 5.75 Å². The van der Waals surface area contributed by atoms with Crippen LogP contribution >= 0.6 is 0 Å². The Balaban J connectivity index is 2.20. The Morgan fingerprint density at radius 1 is 1.32 bits per heavy atom. The second kappa shape index (κ2) is 6.06. The Kier molecular flexibility index (Phi) is 4.43. The molecule has 1 atom stereocenters. The van der Waals surface area contributed by atoms with Crippen molar-refractivity contribution in [3.05, 3.63) is 28.8 Å². The van der Waals surface area contributed by atoms with Gasteiger partial charge in [-0.1, -0.05) is 12.1 Å². The Morgan fingerprint density at radius 2 is 2.00 bits per heavy atom. The van der Waals surface area contributed by atoms with Gasteiger partial charge in [0.15, 0.2) is 6.10 Å². The quantitative estimate of drug-likeness (QED) is 0.875. The van der Waals surface area contributed by atoms with Gasteiger partial charge in [0.05, 0.1) is 6.61 Å². The van der Waals surface area contributed by atoms with Crippen LogP contribution in [0.15, 0.2) is 12.1 Å². The third-order valence-corrected chi connectivity index (χ3v) is 3.45. The summed E-state index contributed by atoms with van der Waals surface area (Å²) in [5, 5.41) is 12.0. The highest BCUT2D eigenvalue weighted by atomic mass is 16.5. The lowest BCUT2D eigenvalue weighted by Crippen LogP contribution is -2.36. The molecule has 4 nitrogen and oxygen atoms in total. The van der Waals surface area contributed by atoms with Crippen LogP contribution in [-0.4, -0.2) is 23.7 Å². The minimum absolute atomic E-state index is 0.0197. The zero-order valence-electron chi connectivity index (χ0n) is 11.5. The summed E-state index contributed by atoms with van der Waals surface area (Å²) in [7, 11) is 0. The highest BCUT2D eigenvalue weighted by Gasteiger charge is 2.23. The van der Waals surface area contributed by atoms with Crippen molar-refractivity contribution in [1.82, 2.24) is 5.32 Å². The number of hydrogen-bond donors (Lipinski definition) is 2. The van der Waals surface area contributed by atoms with E-state index in [4.69, 9.17) is 4.74 Å². The van der Waals surface area contributed by atoms with Crippen LogP contribution < -0.4 is 10.1 Å². The molecule has 0 radical (unpaired) electrons. The predicted molar refractivity (Wildman–Crippen MR) is 73.1 cm³/mol. The number of aryl methyl sites for hydroxylation is 2. The first-order chi connectivity index (χ1) is 9.11. The first-order valence-electron chi connectivity index (χ1n) is 6.77. The monoisotopic (exact) mass is 263 g/mol. The molecule has 19 heavy (non-hydrogen) atoms. The molecule has 1 aliphatic rings. The van der Waals surface area contributed by atoms with Crippen LogP contribution in [0.4, 0.5) is 0 Å². The fourth-order valence-electron chi connectivity index (χ4n) is 2.48. The second-order valence-electron chi connectivity index (χ2n) is 5.11. The molecule has 0 aromatic heterocycles. The molecule has 0 bridgehead atoms. The Morgan fingerprint density at radius 3 is 2.63 bits per heavy atom. The zero-order valence-corrected chi connectivity index (χ0v) is 11.5. The van der Waals surface area contributed by atoms with Crippen LogP contribution in [0.2, 0.25) is 0 Å². The number of carbonyl (C=O) groups is 1. The topological polar surface area (TPSA) is 58.6 Å². The first kappa shape index (κ1) is 13.9. The molecule has 0 aliphatic carbocycles. The minimum atomic E-state index is -0.403. The van der Waals surface area contributed by atoms with Gasteiger partial charge in [-0.05, 0) is 49.8 Å². The highest BCUT2D eigenvalue weighted by molar-refractivity contribution is 5.81. The number of rotatable bonds is 3. The molecule has 104 valence electrons. The number of aliphatic hydroxyl groups is 1. The maximum absolute atomic E-state index is 11.9. The Hall–Kier alpha value is -1.55. The normalized spacial score (nSPS) is 19.7. The smallest absolute Gasteiger partial charge is 0.261 e. The van der Waals surface area contributed by atoms with Gasteiger partial charge in [-0.3, -0.25) is 4.79 Å². The molecule has 1 heterocycles. The summed E-state index contributed by atoms with van der Waals surface area (Å²) in [5.74, 6) is 0.738. The molecule has 0 saturated carbocycles. The third-order valence-electron chi connectivity index (χ3n) is 3.45. The van der Waals surface area contributed by atoms with E-state index in [9.17, 15) is 9.90 Å². The van der Waals surface area contributed by atoms with E-state index in [1.54, 1.807) is 0 Å². The molecule has 1 fully saturated rings. The molecule has 1 aromatic carbocycles. The number of amides is 1. The van der Waals surface area contributed by atoms with Crippen molar-refractivity contribution in [2.45, 2.75) is 45.8 Å². The van der Waals surface area contributed by atoms with E-state index in [2.05, 4.69) is 5.32 Å². The largest absolute Gasteiger partial charge is 0.480 e. The first-order valence-corrected chi connectivity index (χ1v) is 6.77. The zero-order chi connectivity index (χ0) is 13.8. The molecule has 4 heteroatoms. The third kappa shape index (κ3) is 3.26. The Labute approximate surface area is 113 Å². The van der Waals surface area contributed by atoms with Gasteiger partial charge in [0.1, 0.15) is 5.75 Å². The molecule has 1 saturated heterocycles. The maximum atomic E-state index is 11.9. The van der Waals surface area contributed by atoms with Crippen LogP contribution in [0, 0.1) is 13.8 Å². The second-order valence-corrected chi connectivity index (χ2v) is 5.11. The van der Waals surface area contributed by atoms with Gasteiger partial charge in [0, 0.05) is 6.54 Å². The van der Waals surface area contributed by atoms with Crippen molar-refractivity contribution < 1.29 is 14.6 Å². The molecule has 1 unspecified atom stereocenters. The number of hydrogen-bond acceptors (Lipinski definition) is 3. The minimum Gasteiger partial charge on any atom is -0.480 e. The van der Waals surface area contributed by atoms with Gasteiger partial charge >= 0.3 is 0 Å². The van der Waals surface area contributed by atoms with Gasteiger partial charge < -0.3 is 15.2 Å². The summed E-state index contributed by atoms with van der Waals surface area (Å²) in [6.45, 7) is 4.64. The lowest BCUT2D eigenvalue weighted by atomic mass is 10.1. The molecule has 0 spiro atoms. The average Bonchev–Trinajstić information content (AvgIpc) is 2.58. The van der Waals surface area contributed by atoms with Crippen LogP contribution in [0.1, 0.15) is 36.0 Å². The van der Waals surface area contributed by atoms with E-state index in [0.717, 1.165) is 48.2 Å². The fourth-order valence-corrected chi connectivity index (χ4v) is 2.48. The van der Waals surface area contributed by atoms with E-state index in [-0.39, 0.29) is 12.5 Å². The summed E-state index contributed by atoms with van der Waals surface area (Å²) in [5.41, 5.74) is 2.79. The summed E-state index contributed by atoms with van der Waals surface area (Å²) in [6, 6.07) is 3.80. The van der Waals surface area contributed by atoms with Gasteiger partial charge in [-0.25, -0.2) is 0 Å². The number of carbonyl (C=O) groups excluding carboxylic acids is 1. The van der Waals surface area contributed by atoms with Gasteiger partial charge in [-0.15, -0.1) is 0 Å². The molecule has 2 rings (SSSR count). The van der Waals surface area contributed by atoms with Crippen molar-refractivity contribution >= 4 is 5.91 Å². The summed E-state index contributed by atoms with van der Waals surface area (Å²) in [4.78, 5) is 11.9. The van der Waals surface area contributed by atoms with E-state index >= 15 is 0 Å². The van der Waals surface area contributed by atoms with E-state index in [1.807, 2.05) is 26.0 Å². The maximum Gasteiger partial charge on any atom is 0.261 e. The SMILES string of the molecule is Cc1cc(CO)cc(C)c1OC1CCCCNC1=O. The number of nitrogens with one attached hydrogen (secondary N) is 1. The molecule has 1 aromatic rings. The lowest BCUT2D eigenvalue weighted by molar-refractivity contribution is -0.127. The summed E-state index contributed by atoms with van der Waals surface area (Å²) < 4.78 is 5.91.